The second-order valence-electron chi connectivity index (χ2n) is 6.28. The minimum atomic E-state index is -0.193. The van der Waals surface area contributed by atoms with Gasteiger partial charge in [0.25, 0.3) is 5.91 Å². The van der Waals surface area contributed by atoms with Gasteiger partial charge in [0.2, 0.25) is 0 Å². The van der Waals surface area contributed by atoms with E-state index in [0.29, 0.717) is 23.6 Å². The van der Waals surface area contributed by atoms with Gasteiger partial charge in [-0.2, -0.15) is 0 Å². The van der Waals surface area contributed by atoms with Crippen LogP contribution in [0.4, 0.5) is 11.5 Å². The first-order chi connectivity index (χ1) is 13.1. The number of anilines is 2. The number of rotatable bonds is 7. The molecule has 3 aromatic rings. The topological polar surface area (TPSA) is 76.1 Å². The molecule has 0 fully saturated rings. The van der Waals surface area contributed by atoms with Gasteiger partial charge in [-0.3, -0.25) is 9.78 Å². The van der Waals surface area contributed by atoms with Crippen LogP contribution in [0.2, 0.25) is 0 Å². The van der Waals surface area contributed by atoms with Gasteiger partial charge in [0.15, 0.2) is 0 Å². The van der Waals surface area contributed by atoms with E-state index in [9.17, 15) is 4.79 Å². The van der Waals surface area contributed by atoms with Crippen molar-refractivity contribution in [2.24, 2.45) is 0 Å². The highest BCUT2D eigenvalue weighted by Gasteiger charge is 2.08. The number of benzene rings is 1. The van der Waals surface area contributed by atoms with E-state index in [1.165, 1.54) is 0 Å². The standard InChI is InChI=1S/C21H22N4O2/c1-15(2)27-19-5-3-18(4-6-19)25-21(26)17-9-12-23-20(13-17)24-14-16-7-10-22-11-8-16/h3-13,15H,14H2,1-2H3,(H,23,24)(H,25,26). The van der Waals surface area contributed by atoms with Crippen molar-refractivity contribution in [1.82, 2.24) is 9.97 Å². The quantitative estimate of drug-likeness (QED) is 0.661. The summed E-state index contributed by atoms with van der Waals surface area (Å²) >= 11 is 0. The molecular weight excluding hydrogens is 340 g/mol. The molecule has 0 radical (unpaired) electrons. The molecule has 1 aromatic carbocycles. The minimum absolute atomic E-state index is 0.111. The average Bonchev–Trinajstić information content (AvgIpc) is 2.68. The Balaban J connectivity index is 1.61. The maximum atomic E-state index is 12.5. The Hall–Kier alpha value is -3.41. The van der Waals surface area contributed by atoms with Crippen molar-refractivity contribution in [2.75, 3.05) is 10.6 Å². The zero-order valence-corrected chi connectivity index (χ0v) is 15.3. The van der Waals surface area contributed by atoms with E-state index in [0.717, 1.165) is 11.3 Å². The summed E-state index contributed by atoms with van der Waals surface area (Å²) in [7, 11) is 0. The molecule has 0 saturated carbocycles. The molecule has 3 rings (SSSR count). The SMILES string of the molecule is CC(C)Oc1ccc(NC(=O)c2ccnc(NCc3ccncc3)c2)cc1. The Labute approximate surface area is 158 Å². The molecule has 27 heavy (non-hydrogen) atoms. The Kier molecular flexibility index (Phi) is 5.99. The van der Waals surface area contributed by atoms with Crippen LogP contribution < -0.4 is 15.4 Å². The monoisotopic (exact) mass is 362 g/mol. The average molecular weight is 362 g/mol. The van der Waals surface area contributed by atoms with Crippen molar-refractivity contribution >= 4 is 17.4 Å². The van der Waals surface area contributed by atoms with Gasteiger partial charge in [-0.1, -0.05) is 0 Å². The number of ether oxygens (including phenoxy) is 1. The third-order valence-corrected chi connectivity index (χ3v) is 3.73. The molecule has 0 unspecified atom stereocenters. The molecule has 6 nitrogen and oxygen atoms in total. The van der Waals surface area contributed by atoms with Gasteiger partial charge >= 0.3 is 0 Å². The number of hydrogen-bond acceptors (Lipinski definition) is 5. The highest BCUT2D eigenvalue weighted by molar-refractivity contribution is 6.04. The Morgan fingerprint density at radius 3 is 2.48 bits per heavy atom. The third kappa shape index (κ3) is 5.54. The van der Waals surface area contributed by atoms with E-state index in [-0.39, 0.29) is 12.0 Å². The van der Waals surface area contributed by atoms with Crippen LogP contribution in [-0.4, -0.2) is 22.0 Å². The summed E-state index contributed by atoms with van der Waals surface area (Å²) in [6.07, 6.45) is 5.21. The van der Waals surface area contributed by atoms with Crippen molar-refractivity contribution in [3.05, 3.63) is 78.2 Å². The molecule has 1 amide bonds. The van der Waals surface area contributed by atoms with Gasteiger partial charge in [0, 0.05) is 36.4 Å². The predicted molar refractivity (Wildman–Crippen MR) is 106 cm³/mol. The van der Waals surface area contributed by atoms with Crippen molar-refractivity contribution in [1.29, 1.82) is 0 Å². The normalized spacial score (nSPS) is 10.5. The molecule has 0 bridgehead atoms. The zero-order valence-electron chi connectivity index (χ0n) is 15.3. The molecule has 0 aliphatic heterocycles. The largest absolute Gasteiger partial charge is 0.491 e. The summed E-state index contributed by atoms with van der Waals surface area (Å²) in [6.45, 7) is 4.55. The summed E-state index contributed by atoms with van der Waals surface area (Å²) in [5.74, 6) is 1.22. The number of aromatic nitrogens is 2. The Morgan fingerprint density at radius 1 is 1.04 bits per heavy atom. The number of carbonyl (C=O) groups is 1. The molecule has 6 heteroatoms. The van der Waals surface area contributed by atoms with Gasteiger partial charge in [0.05, 0.1) is 6.10 Å². The van der Waals surface area contributed by atoms with E-state index in [2.05, 4.69) is 20.6 Å². The molecule has 0 spiro atoms. The Morgan fingerprint density at radius 2 is 1.78 bits per heavy atom. The second-order valence-corrected chi connectivity index (χ2v) is 6.28. The van der Waals surface area contributed by atoms with E-state index >= 15 is 0 Å². The summed E-state index contributed by atoms with van der Waals surface area (Å²) in [5, 5.41) is 6.09. The number of nitrogens with one attached hydrogen (secondary N) is 2. The van der Waals surface area contributed by atoms with Crippen LogP contribution in [0, 0.1) is 0 Å². The van der Waals surface area contributed by atoms with Crippen molar-refractivity contribution in [2.45, 2.75) is 26.5 Å². The highest BCUT2D eigenvalue weighted by atomic mass is 16.5. The molecule has 0 saturated heterocycles. The van der Waals surface area contributed by atoms with E-state index in [4.69, 9.17) is 4.74 Å². The minimum Gasteiger partial charge on any atom is -0.491 e. The van der Waals surface area contributed by atoms with Crippen molar-refractivity contribution < 1.29 is 9.53 Å². The number of carbonyl (C=O) groups excluding carboxylic acids is 1. The molecule has 2 N–H and O–H groups in total. The highest BCUT2D eigenvalue weighted by Crippen LogP contribution is 2.18. The van der Waals surface area contributed by atoms with Crippen molar-refractivity contribution in [3.63, 3.8) is 0 Å². The van der Waals surface area contributed by atoms with E-state index < -0.39 is 0 Å². The van der Waals surface area contributed by atoms with Gasteiger partial charge in [0.1, 0.15) is 11.6 Å². The molecule has 2 heterocycles. The first-order valence-corrected chi connectivity index (χ1v) is 8.77. The van der Waals surface area contributed by atoms with Gasteiger partial charge in [-0.15, -0.1) is 0 Å². The van der Waals surface area contributed by atoms with Crippen LogP contribution in [-0.2, 0) is 6.54 Å². The molecular formula is C21H22N4O2. The number of hydrogen-bond donors (Lipinski definition) is 2. The van der Waals surface area contributed by atoms with Crippen LogP contribution in [0.5, 0.6) is 5.75 Å². The van der Waals surface area contributed by atoms with Gasteiger partial charge in [-0.25, -0.2) is 4.98 Å². The lowest BCUT2D eigenvalue weighted by atomic mass is 10.2. The number of nitrogens with zero attached hydrogens (tertiary/aromatic N) is 2. The molecule has 138 valence electrons. The summed E-state index contributed by atoms with van der Waals surface area (Å²) < 4.78 is 5.60. The van der Waals surface area contributed by atoms with Crippen molar-refractivity contribution in [3.8, 4) is 5.75 Å². The fourth-order valence-electron chi connectivity index (χ4n) is 2.45. The summed E-state index contributed by atoms with van der Waals surface area (Å²) in [4.78, 5) is 20.7. The van der Waals surface area contributed by atoms with Crippen LogP contribution in [0.25, 0.3) is 0 Å². The van der Waals surface area contributed by atoms with Crippen LogP contribution in [0.3, 0.4) is 0 Å². The van der Waals surface area contributed by atoms with Gasteiger partial charge < -0.3 is 15.4 Å². The van der Waals surface area contributed by atoms with Gasteiger partial charge in [-0.05, 0) is 67.9 Å². The fourth-order valence-corrected chi connectivity index (χ4v) is 2.45. The van der Waals surface area contributed by atoms with Crippen LogP contribution in [0.15, 0.2) is 67.1 Å². The molecule has 0 atom stereocenters. The Bertz CT molecular complexity index is 880. The van der Waals surface area contributed by atoms with Crippen LogP contribution >= 0.6 is 0 Å². The molecule has 0 aliphatic carbocycles. The van der Waals surface area contributed by atoms with Crippen LogP contribution in [0.1, 0.15) is 29.8 Å². The summed E-state index contributed by atoms with van der Waals surface area (Å²) in [5.41, 5.74) is 2.33. The zero-order chi connectivity index (χ0) is 19.1. The number of pyridine rings is 2. The lowest BCUT2D eigenvalue weighted by Gasteiger charge is -2.11. The maximum Gasteiger partial charge on any atom is 0.255 e. The first-order valence-electron chi connectivity index (χ1n) is 8.77. The first kappa shape index (κ1) is 18.4. The lowest BCUT2D eigenvalue weighted by molar-refractivity contribution is 0.102. The lowest BCUT2D eigenvalue weighted by Crippen LogP contribution is -2.13. The third-order valence-electron chi connectivity index (χ3n) is 3.73. The predicted octanol–water partition coefficient (Wildman–Crippen LogP) is 4.13. The van der Waals surface area contributed by atoms with E-state index in [1.807, 2.05) is 50.2 Å². The second kappa shape index (κ2) is 8.80. The fraction of sp³-hybridized carbons (Fsp3) is 0.190. The smallest absolute Gasteiger partial charge is 0.255 e. The van der Waals surface area contributed by atoms with E-state index in [1.54, 1.807) is 30.7 Å². The maximum absolute atomic E-state index is 12.5. The molecule has 0 aliphatic rings. The summed E-state index contributed by atoms with van der Waals surface area (Å²) in [6, 6.07) is 14.6. The molecule has 2 aromatic heterocycles. The number of amides is 1.